The van der Waals surface area contributed by atoms with Crippen LogP contribution in [0.3, 0.4) is 0 Å². The summed E-state index contributed by atoms with van der Waals surface area (Å²) in [4.78, 5) is 0. The van der Waals surface area contributed by atoms with Crippen LogP contribution in [-0.2, 0) is 4.74 Å². The fourth-order valence-electron chi connectivity index (χ4n) is 2.43. The Morgan fingerprint density at radius 3 is 2.44 bits per heavy atom. The standard InChI is InChI=1S/C13H27NOS/c1-11-9-13(10-12(2)15-11)14-7-5-4-6-8-16-3/h11-14H,4-10H2,1-3H3. The Labute approximate surface area is 105 Å². The second kappa shape index (κ2) is 8.37. The van der Waals surface area contributed by atoms with Gasteiger partial charge in [-0.05, 0) is 58.1 Å². The summed E-state index contributed by atoms with van der Waals surface area (Å²) in [6.45, 7) is 5.55. The normalized spacial score (nSPS) is 30.6. The maximum absolute atomic E-state index is 5.73. The number of nitrogens with one attached hydrogen (secondary N) is 1. The number of hydrogen-bond donors (Lipinski definition) is 1. The van der Waals surface area contributed by atoms with Crippen LogP contribution in [0, 0.1) is 0 Å². The molecule has 0 aromatic rings. The van der Waals surface area contributed by atoms with Crippen LogP contribution in [0.15, 0.2) is 0 Å². The van der Waals surface area contributed by atoms with Gasteiger partial charge < -0.3 is 10.1 Å². The Kier molecular flexibility index (Phi) is 7.50. The second-order valence-corrected chi connectivity index (χ2v) is 5.92. The number of thioether (sulfide) groups is 1. The summed E-state index contributed by atoms with van der Waals surface area (Å²) in [5.41, 5.74) is 0. The van der Waals surface area contributed by atoms with Crippen molar-refractivity contribution in [2.45, 2.75) is 64.2 Å². The molecule has 1 saturated heterocycles. The number of hydrogen-bond acceptors (Lipinski definition) is 3. The van der Waals surface area contributed by atoms with Crippen LogP contribution in [0.2, 0.25) is 0 Å². The predicted molar refractivity (Wildman–Crippen MR) is 73.3 cm³/mol. The Morgan fingerprint density at radius 1 is 1.12 bits per heavy atom. The van der Waals surface area contributed by atoms with Crippen molar-refractivity contribution < 1.29 is 4.74 Å². The Bertz CT molecular complexity index is 167. The van der Waals surface area contributed by atoms with Crippen LogP contribution in [0.1, 0.15) is 46.0 Å². The van der Waals surface area contributed by atoms with E-state index in [0.29, 0.717) is 18.2 Å². The molecule has 0 aromatic carbocycles. The zero-order chi connectivity index (χ0) is 11.8. The van der Waals surface area contributed by atoms with Crippen LogP contribution in [-0.4, -0.2) is 36.8 Å². The first-order valence-electron chi connectivity index (χ1n) is 6.60. The zero-order valence-corrected chi connectivity index (χ0v) is 11.8. The van der Waals surface area contributed by atoms with Gasteiger partial charge in [0.25, 0.3) is 0 Å². The van der Waals surface area contributed by atoms with E-state index < -0.39 is 0 Å². The highest BCUT2D eigenvalue weighted by Gasteiger charge is 2.23. The van der Waals surface area contributed by atoms with Gasteiger partial charge >= 0.3 is 0 Å². The van der Waals surface area contributed by atoms with Crippen molar-refractivity contribution in [2.24, 2.45) is 0 Å². The van der Waals surface area contributed by atoms with Crippen LogP contribution in [0.25, 0.3) is 0 Å². The minimum atomic E-state index is 0.428. The molecule has 1 heterocycles. The van der Waals surface area contributed by atoms with E-state index in [-0.39, 0.29) is 0 Å². The summed E-state index contributed by atoms with van der Waals surface area (Å²) in [5.74, 6) is 1.31. The highest BCUT2D eigenvalue weighted by atomic mass is 32.2. The first-order chi connectivity index (χ1) is 7.72. The molecule has 1 fully saturated rings. The number of ether oxygens (including phenoxy) is 1. The lowest BCUT2D eigenvalue weighted by Gasteiger charge is -2.32. The third-order valence-corrected chi connectivity index (χ3v) is 3.85. The van der Waals surface area contributed by atoms with Crippen molar-refractivity contribution in [1.82, 2.24) is 5.32 Å². The molecule has 3 heteroatoms. The lowest BCUT2D eigenvalue weighted by atomic mass is 10.00. The van der Waals surface area contributed by atoms with E-state index in [4.69, 9.17) is 4.74 Å². The molecule has 1 aliphatic heterocycles. The lowest BCUT2D eigenvalue weighted by Crippen LogP contribution is -2.41. The van der Waals surface area contributed by atoms with E-state index >= 15 is 0 Å². The molecule has 0 aliphatic carbocycles. The fourth-order valence-corrected chi connectivity index (χ4v) is 2.92. The first-order valence-corrected chi connectivity index (χ1v) is 7.99. The van der Waals surface area contributed by atoms with Gasteiger partial charge in [-0.3, -0.25) is 0 Å². The average molecular weight is 245 g/mol. The smallest absolute Gasteiger partial charge is 0.0565 e. The van der Waals surface area contributed by atoms with E-state index in [1.807, 2.05) is 11.8 Å². The summed E-state index contributed by atoms with van der Waals surface area (Å²) in [5, 5.41) is 3.67. The van der Waals surface area contributed by atoms with Crippen LogP contribution < -0.4 is 5.32 Å². The predicted octanol–water partition coefficient (Wildman–Crippen LogP) is 3.07. The number of unbranched alkanes of at least 4 members (excludes halogenated alkanes) is 2. The van der Waals surface area contributed by atoms with Gasteiger partial charge in [-0.25, -0.2) is 0 Å². The molecule has 96 valence electrons. The second-order valence-electron chi connectivity index (χ2n) is 4.93. The molecule has 2 atom stereocenters. The van der Waals surface area contributed by atoms with Crippen LogP contribution >= 0.6 is 11.8 Å². The zero-order valence-electron chi connectivity index (χ0n) is 11.0. The molecule has 1 N–H and O–H groups in total. The van der Waals surface area contributed by atoms with Crippen LogP contribution in [0.4, 0.5) is 0 Å². The molecular weight excluding hydrogens is 218 g/mol. The van der Waals surface area contributed by atoms with Crippen molar-refractivity contribution in [3.8, 4) is 0 Å². The van der Waals surface area contributed by atoms with Crippen molar-refractivity contribution in [2.75, 3.05) is 18.6 Å². The van der Waals surface area contributed by atoms with E-state index in [2.05, 4.69) is 25.4 Å². The summed E-state index contributed by atoms with van der Waals surface area (Å²) in [6.07, 6.45) is 9.44. The molecule has 16 heavy (non-hydrogen) atoms. The summed E-state index contributed by atoms with van der Waals surface area (Å²) in [7, 11) is 0. The molecule has 1 aliphatic rings. The van der Waals surface area contributed by atoms with Gasteiger partial charge in [-0.1, -0.05) is 6.42 Å². The minimum Gasteiger partial charge on any atom is -0.375 e. The van der Waals surface area contributed by atoms with Gasteiger partial charge in [0.1, 0.15) is 0 Å². The molecule has 0 bridgehead atoms. The van der Waals surface area contributed by atoms with E-state index in [9.17, 15) is 0 Å². The summed E-state index contributed by atoms with van der Waals surface area (Å²) in [6, 6.07) is 0.680. The molecule has 0 radical (unpaired) electrons. The van der Waals surface area contributed by atoms with Crippen molar-refractivity contribution >= 4 is 11.8 Å². The Balaban J connectivity index is 1.99. The quantitative estimate of drug-likeness (QED) is 0.697. The van der Waals surface area contributed by atoms with Crippen molar-refractivity contribution in [1.29, 1.82) is 0 Å². The van der Waals surface area contributed by atoms with E-state index in [1.54, 1.807) is 0 Å². The molecular formula is C13H27NOS. The monoisotopic (exact) mass is 245 g/mol. The molecule has 0 spiro atoms. The van der Waals surface area contributed by atoms with Crippen molar-refractivity contribution in [3.05, 3.63) is 0 Å². The lowest BCUT2D eigenvalue weighted by molar-refractivity contribution is -0.0419. The van der Waals surface area contributed by atoms with Gasteiger partial charge in [0.15, 0.2) is 0 Å². The first kappa shape index (κ1) is 14.3. The maximum atomic E-state index is 5.73. The number of rotatable bonds is 7. The van der Waals surface area contributed by atoms with Gasteiger partial charge in [-0.15, -0.1) is 0 Å². The Morgan fingerprint density at radius 2 is 1.81 bits per heavy atom. The third kappa shape index (κ3) is 6.12. The van der Waals surface area contributed by atoms with Crippen LogP contribution in [0.5, 0.6) is 0 Å². The minimum absolute atomic E-state index is 0.428. The van der Waals surface area contributed by atoms with Crippen molar-refractivity contribution in [3.63, 3.8) is 0 Å². The molecule has 1 rings (SSSR count). The molecule has 0 amide bonds. The third-order valence-electron chi connectivity index (χ3n) is 3.16. The average Bonchev–Trinajstić information content (AvgIpc) is 2.22. The molecule has 0 aromatic heterocycles. The summed E-state index contributed by atoms with van der Waals surface area (Å²) >= 11 is 1.95. The van der Waals surface area contributed by atoms with Gasteiger partial charge in [0.05, 0.1) is 12.2 Å². The molecule has 2 unspecified atom stereocenters. The van der Waals surface area contributed by atoms with Gasteiger partial charge in [-0.2, -0.15) is 11.8 Å². The largest absolute Gasteiger partial charge is 0.375 e. The SMILES string of the molecule is CSCCCCCNC1CC(C)OC(C)C1. The molecule has 0 saturated carbocycles. The fraction of sp³-hybridized carbons (Fsp3) is 1.00. The van der Waals surface area contributed by atoms with Gasteiger partial charge in [0, 0.05) is 6.04 Å². The summed E-state index contributed by atoms with van der Waals surface area (Å²) < 4.78 is 5.73. The van der Waals surface area contributed by atoms with E-state index in [1.165, 1.54) is 44.4 Å². The van der Waals surface area contributed by atoms with E-state index in [0.717, 1.165) is 0 Å². The topological polar surface area (TPSA) is 21.3 Å². The highest BCUT2D eigenvalue weighted by Crippen LogP contribution is 2.18. The van der Waals surface area contributed by atoms with Gasteiger partial charge in [0.2, 0.25) is 0 Å². The Hall–Kier alpha value is 0.270. The molecule has 2 nitrogen and oxygen atoms in total. The maximum Gasteiger partial charge on any atom is 0.0565 e. The highest BCUT2D eigenvalue weighted by molar-refractivity contribution is 7.98.